The molecule has 2 aromatic carbocycles. The predicted molar refractivity (Wildman–Crippen MR) is 80.3 cm³/mol. The molecular formula is C14H17NaO3S. The van der Waals surface area contributed by atoms with Crippen LogP contribution >= 0.6 is 0 Å². The average Bonchev–Trinajstić information content (AvgIpc) is 2.27. The Morgan fingerprint density at radius 3 is 2.37 bits per heavy atom. The van der Waals surface area contributed by atoms with Gasteiger partial charge in [0.05, 0.1) is 5.75 Å². The number of benzene rings is 2. The van der Waals surface area contributed by atoms with Gasteiger partial charge in [-0.2, -0.15) is 8.42 Å². The van der Waals surface area contributed by atoms with E-state index < -0.39 is 10.1 Å². The van der Waals surface area contributed by atoms with Crippen LogP contribution in [0.4, 0.5) is 0 Å². The summed E-state index contributed by atoms with van der Waals surface area (Å²) in [5.74, 6) is 0.467. The molecule has 0 aromatic heterocycles. The quantitative estimate of drug-likeness (QED) is 0.641. The average molecular weight is 288 g/mol. The molecule has 0 aliphatic rings. The minimum absolute atomic E-state index is 0. The van der Waals surface area contributed by atoms with Gasteiger partial charge in [0.25, 0.3) is 0 Å². The van der Waals surface area contributed by atoms with Crippen molar-refractivity contribution in [1.82, 2.24) is 0 Å². The zero-order chi connectivity index (χ0) is 13.2. The standard InChI is InChI=1S/C14H16O3S.Na.H/c1-11(2)10-18(15,16)17-14-9-5-7-12-6-3-4-8-13(12)14;;/h3-9,11H,10H2,1-2H3;;. The normalized spacial score (nSPS) is 11.3. The van der Waals surface area contributed by atoms with Gasteiger partial charge in [0.2, 0.25) is 0 Å². The summed E-state index contributed by atoms with van der Waals surface area (Å²) in [6, 6.07) is 13.0. The molecule has 0 aliphatic carbocycles. The molecule has 0 N–H and O–H groups in total. The maximum absolute atomic E-state index is 11.8. The van der Waals surface area contributed by atoms with Crippen molar-refractivity contribution in [3.05, 3.63) is 42.5 Å². The third-order valence-corrected chi connectivity index (χ3v) is 4.01. The Morgan fingerprint density at radius 1 is 1.05 bits per heavy atom. The van der Waals surface area contributed by atoms with E-state index >= 15 is 0 Å². The molecule has 0 aliphatic heterocycles. The number of hydrogen-bond donors (Lipinski definition) is 0. The summed E-state index contributed by atoms with van der Waals surface area (Å²) < 4.78 is 28.9. The Bertz CT molecular complexity index is 645. The van der Waals surface area contributed by atoms with E-state index in [1.807, 2.05) is 44.2 Å². The van der Waals surface area contributed by atoms with Crippen molar-refractivity contribution in [2.45, 2.75) is 13.8 Å². The third-order valence-electron chi connectivity index (χ3n) is 2.50. The van der Waals surface area contributed by atoms with Crippen molar-refractivity contribution in [1.29, 1.82) is 0 Å². The fourth-order valence-corrected chi connectivity index (χ4v) is 3.15. The molecule has 0 spiro atoms. The van der Waals surface area contributed by atoms with E-state index in [2.05, 4.69) is 0 Å². The van der Waals surface area contributed by atoms with Crippen molar-refractivity contribution in [2.75, 3.05) is 5.75 Å². The first kappa shape index (κ1) is 16.5. The molecule has 0 atom stereocenters. The second kappa shape index (κ2) is 6.75. The van der Waals surface area contributed by atoms with E-state index in [0.29, 0.717) is 5.75 Å². The second-order valence-electron chi connectivity index (χ2n) is 4.68. The fourth-order valence-electron chi connectivity index (χ4n) is 1.85. The topological polar surface area (TPSA) is 43.4 Å². The second-order valence-corrected chi connectivity index (χ2v) is 6.29. The summed E-state index contributed by atoms with van der Waals surface area (Å²) in [6.45, 7) is 3.70. The minimum atomic E-state index is -3.53. The SMILES string of the molecule is CC(C)CS(=O)(=O)Oc1cccc2ccccc12.[NaH]. The third kappa shape index (κ3) is 4.49. The van der Waals surface area contributed by atoms with E-state index in [9.17, 15) is 8.42 Å². The van der Waals surface area contributed by atoms with Gasteiger partial charge in [-0.1, -0.05) is 50.2 Å². The van der Waals surface area contributed by atoms with Gasteiger partial charge >= 0.3 is 39.7 Å². The van der Waals surface area contributed by atoms with E-state index in [-0.39, 0.29) is 41.2 Å². The Labute approximate surface area is 136 Å². The molecule has 98 valence electrons. The molecule has 3 nitrogen and oxygen atoms in total. The van der Waals surface area contributed by atoms with Crippen LogP contribution in [-0.4, -0.2) is 43.7 Å². The maximum atomic E-state index is 11.8. The molecule has 19 heavy (non-hydrogen) atoms. The molecule has 2 rings (SSSR count). The molecule has 2 aromatic rings. The molecule has 0 amide bonds. The molecule has 0 radical (unpaired) electrons. The van der Waals surface area contributed by atoms with Gasteiger partial charge in [-0.05, 0) is 17.4 Å². The summed E-state index contributed by atoms with van der Waals surface area (Å²) in [7, 11) is -3.53. The van der Waals surface area contributed by atoms with Gasteiger partial charge in [-0.3, -0.25) is 0 Å². The molecular weight excluding hydrogens is 271 g/mol. The summed E-state index contributed by atoms with van der Waals surface area (Å²) in [5.41, 5.74) is 0. The van der Waals surface area contributed by atoms with Crippen molar-refractivity contribution < 1.29 is 12.6 Å². The summed E-state index contributed by atoms with van der Waals surface area (Å²) in [4.78, 5) is 0. The van der Waals surface area contributed by atoms with E-state index in [1.54, 1.807) is 12.1 Å². The molecule has 0 bridgehead atoms. The molecule has 0 unspecified atom stereocenters. The van der Waals surface area contributed by atoms with Gasteiger partial charge < -0.3 is 4.18 Å². The van der Waals surface area contributed by atoms with E-state index in [4.69, 9.17) is 4.18 Å². The van der Waals surface area contributed by atoms with Crippen molar-refractivity contribution in [2.24, 2.45) is 5.92 Å². The van der Waals surface area contributed by atoms with Gasteiger partial charge in [-0.25, -0.2) is 0 Å². The number of fused-ring (bicyclic) bond motifs is 1. The zero-order valence-electron chi connectivity index (χ0n) is 10.5. The van der Waals surface area contributed by atoms with Crippen LogP contribution in [0.5, 0.6) is 5.75 Å². The van der Waals surface area contributed by atoms with Crippen LogP contribution in [0.15, 0.2) is 42.5 Å². The van der Waals surface area contributed by atoms with E-state index in [0.717, 1.165) is 10.8 Å². The van der Waals surface area contributed by atoms with Gasteiger partial charge in [0, 0.05) is 5.39 Å². The van der Waals surface area contributed by atoms with Gasteiger partial charge in [-0.15, -0.1) is 0 Å². The Morgan fingerprint density at radius 2 is 1.68 bits per heavy atom. The van der Waals surface area contributed by atoms with Crippen LogP contribution in [0.3, 0.4) is 0 Å². The molecule has 0 heterocycles. The first-order valence-electron chi connectivity index (χ1n) is 5.88. The van der Waals surface area contributed by atoms with E-state index in [1.165, 1.54) is 0 Å². The zero-order valence-corrected chi connectivity index (χ0v) is 11.3. The summed E-state index contributed by atoms with van der Waals surface area (Å²) in [6.07, 6.45) is 0. The van der Waals surface area contributed by atoms with Crippen LogP contribution in [0, 0.1) is 5.92 Å². The summed E-state index contributed by atoms with van der Waals surface area (Å²) in [5, 5.41) is 1.78. The van der Waals surface area contributed by atoms with Crippen LogP contribution in [0.25, 0.3) is 10.8 Å². The van der Waals surface area contributed by atoms with Crippen molar-refractivity contribution in [3.8, 4) is 5.75 Å². The first-order chi connectivity index (χ1) is 8.48. The van der Waals surface area contributed by atoms with Crippen LogP contribution < -0.4 is 4.18 Å². The number of rotatable bonds is 4. The van der Waals surface area contributed by atoms with Crippen LogP contribution in [0.1, 0.15) is 13.8 Å². The molecule has 5 heteroatoms. The summed E-state index contributed by atoms with van der Waals surface area (Å²) >= 11 is 0. The van der Waals surface area contributed by atoms with Crippen LogP contribution in [0.2, 0.25) is 0 Å². The fraction of sp³-hybridized carbons (Fsp3) is 0.286. The molecule has 0 saturated heterocycles. The molecule has 0 saturated carbocycles. The number of hydrogen-bond acceptors (Lipinski definition) is 3. The van der Waals surface area contributed by atoms with Crippen molar-refractivity contribution in [3.63, 3.8) is 0 Å². The molecule has 0 fully saturated rings. The predicted octanol–water partition coefficient (Wildman–Crippen LogP) is 2.56. The van der Waals surface area contributed by atoms with Gasteiger partial charge in [0.15, 0.2) is 0 Å². The Balaban J connectivity index is 0.00000180. The van der Waals surface area contributed by atoms with Crippen molar-refractivity contribution >= 4 is 50.4 Å². The van der Waals surface area contributed by atoms with Gasteiger partial charge in [0.1, 0.15) is 5.75 Å². The first-order valence-corrected chi connectivity index (χ1v) is 7.45. The van der Waals surface area contributed by atoms with Crippen LogP contribution in [-0.2, 0) is 10.1 Å². The monoisotopic (exact) mass is 288 g/mol. The Hall–Kier alpha value is -0.550. The Kier molecular flexibility index (Phi) is 5.86.